The molecule has 182 valence electrons. The van der Waals surface area contributed by atoms with Gasteiger partial charge in [0.1, 0.15) is 0 Å². The summed E-state index contributed by atoms with van der Waals surface area (Å²) in [5.41, 5.74) is 3.05. The zero-order chi connectivity index (χ0) is 24.5. The van der Waals surface area contributed by atoms with Crippen LogP contribution in [-0.2, 0) is 11.3 Å². The molecule has 9 nitrogen and oxygen atoms in total. The predicted octanol–water partition coefficient (Wildman–Crippen LogP) is 4.28. The highest BCUT2D eigenvalue weighted by Crippen LogP contribution is 2.30. The van der Waals surface area contributed by atoms with Crippen LogP contribution in [0.1, 0.15) is 17.5 Å². The first-order valence-electron chi connectivity index (χ1n) is 10.8. The average Bonchev–Trinajstić information content (AvgIpc) is 2.83. The SMILES string of the molecule is COc1ccc(C2=NN(Cc3cccc(NC(=O)OCCCN(C)C)c3)C(=O)SC2)cc1OC. The third-order valence-corrected chi connectivity index (χ3v) is 5.87. The quantitative estimate of drug-likeness (QED) is 0.501. The molecule has 0 spiro atoms. The van der Waals surface area contributed by atoms with Gasteiger partial charge in [-0.3, -0.25) is 10.1 Å². The normalized spacial score (nSPS) is 13.5. The number of nitrogens with one attached hydrogen (secondary N) is 1. The third kappa shape index (κ3) is 7.13. The fourth-order valence-electron chi connectivity index (χ4n) is 3.30. The Kier molecular flexibility index (Phi) is 9.17. The van der Waals surface area contributed by atoms with E-state index in [4.69, 9.17) is 14.2 Å². The lowest BCUT2D eigenvalue weighted by atomic mass is 10.1. The second-order valence-corrected chi connectivity index (χ2v) is 8.77. The fraction of sp³-hybridized carbons (Fsp3) is 0.375. The highest BCUT2D eigenvalue weighted by atomic mass is 32.2. The van der Waals surface area contributed by atoms with Gasteiger partial charge in [-0.1, -0.05) is 23.9 Å². The van der Waals surface area contributed by atoms with E-state index < -0.39 is 6.09 Å². The van der Waals surface area contributed by atoms with Crippen molar-refractivity contribution in [3.8, 4) is 11.5 Å². The van der Waals surface area contributed by atoms with Crippen molar-refractivity contribution in [2.45, 2.75) is 13.0 Å². The van der Waals surface area contributed by atoms with Crippen LogP contribution in [-0.4, -0.2) is 74.2 Å². The van der Waals surface area contributed by atoms with Gasteiger partial charge < -0.3 is 19.1 Å². The fourth-order valence-corrected chi connectivity index (χ4v) is 4.04. The number of nitrogens with zero attached hydrogens (tertiary/aromatic N) is 3. The number of hydrogen-bond acceptors (Lipinski definition) is 8. The van der Waals surface area contributed by atoms with Gasteiger partial charge in [0.15, 0.2) is 11.5 Å². The van der Waals surface area contributed by atoms with E-state index in [2.05, 4.69) is 10.4 Å². The standard InChI is InChI=1S/C24H30N4O5S/c1-27(2)11-6-12-33-23(29)25-19-8-5-7-17(13-19)15-28-24(30)34-16-20(26-28)18-9-10-21(31-3)22(14-18)32-4/h5,7-10,13-14H,6,11-12,15-16H2,1-4H3,(H,25,29). The first-order chi connectivity index (χ1) is 16.4. The molecule has 0 radical (unpaired) electrons. The summed E-state index contributed by atoms with van der Waals surface area (Å²) in [7, 11) is 7.10. The molecule has 0 bridgehead atoms. The van der Waals surface area contributed by atoms with Gasteiger partial charge in [-0.15, -0.1) is 0 Å². The van der Waals surface area contributed by atoms with Crippen LogP contribution in [0.3, 0.4) is 0 Å². The van der Waals surface area contributed by atoms with E-state index in [1.807, 2.05) is 49.3 Å². The number of carbonyl (C=O) groups is 2. The maximum absolute atomic E-state index is 12.5. The molecule has 2 aromatic rings. The minimum atomic E-state index is -0.505. The summed E-state index contributed by atoms with van der Waals surface area (Å²) in [5.74, 6) is 1.69. The molecule has 10 heteroatoms. The lowest BCUT2D eigenvalue weighted by Gasteiger charge is -2.23. The molecule has 0 saturated heterocycles. The third-order valence-electron chi connectivity index (χ3n) is 4.99. The highest BCUT2D eigenvalue weighted by molar-refractivity contribution is 8.14. The Labute approximate surface area is 204 Å². The van der Waals surface area contributed by atoms with Crippen molar-refractivity contribution in [2.75, 3.05) is 52.5 Å². The summed E-state index contributed by atoms with van der Waals surface area (Å²) in [6.45, 7) is 1.46. The van der Waals surface area contributed by atoms with Crippen LogP contribution in [0.5, 0.6) is 11.5 Å². The summed E-state index contributed by atoms with van der Waals surface area (Å²) < 4.78 is 15.9. The zero-order valence-electron chi connectivity index (χ0n) is 19.9. The van der Waals surface area contributed by atoms with E-state index in [9.17, 15) is 9.59 Å². The molecule has 1 heterocycles. The van der Waals surface area contributed by atoms with E-state index in [-0.39, 0.29) is 11.8 Å². The van der Waals surface area contributed by atoms with E-state index in [0.29, 0.717) is 29.5 Å². The summed E-state index contributed by atoms with van der Waals surface area (Å²) in [6, 6.07) is 12.8. The smallest absolute Gasteiger partial charge is 0.411 e. The molecule has 34 heavy (non-hydrogen) atoms. The van der Waals surface area contributed by atoms with E-state index in [1.165, 1.54) is 16.8 Å². The van der Waals surface area contributed by atoms with Gasteiger partial charge in [0.25, 0.3) is 0 Å². The second kappa shape index (κ2) is 12.3. The van der Waals surface area contributed by atoms with Gasteiger partial charge in [0.2, 0.25) is 0 Å². The Morgan fingerprint density at radius 1 is 1.15 bits per heavy atom. The number of benzene rings is 2. The van der Waals surface area contributed by atoms with Crippen LogP contribution >= 0.6 is 11.8 Å². The Balaban J connectivity index is 1.66. The van der Waals surface area contributed by atoms with E-state index in [1.54, 1.807) is 26.4 Å². The van der Waals surface area contributed by atoms with Crippen molar-refractivity contribution in [3.63, 3.8) is 0 Å². The summed E-state index contributed by atoms with van der Waals surface area (Å²) >= 11 is 1.19. The topological polar surface area (TPSA) is 92.7 Å². The van der Waals surface area contributed by atoms with Crippen LogP contribution in [0.15, 0.2) is 47.6 Å². The molecule has 0 atom stereocenters. The zero-order valence-corrected chi connectivity index (χ0v) is 20.7. The Bertz CT molecular complexity index is 1040. The van der Waals surface area contributed by atoms with Crippen molar-refractivity contribution in [2.24, 2.45) is 5.10 Å². The molecule has 0 saturated carbocycles. The van der Waals surface area contributed by atoms with E-state index in [0.717, 1.165) is 29.8 Å². The molecule has 2 amide bonds. The van der Waals surface area contributed by atoms with Gasteiger partial charge in [-0.2, -0.15) is 5.10 Å². The Morgan fingerprint density at radius 3 is 2.68 bits per heavy atom. The van der Waals surface area contributed by atoms with Gasteiger partial charge >= 0.3 is 11.3 Å². The monoisotopic (exact) mass is 486 g/mol. The lowest BCUT2D eigenvalue weighted by Crippen LogP contribution is -2.29. The van der Waals surface area contributed by atoms with Crippen molar-refractivity contribution in [3.05, 3.63) is 53.6 Å². The minimum absolute atomic E-state index is 0.136. The van der Waals surface area contributed by atoms with Crippen molar-refractivity contribution in [1.29, 1.82) is 0 Å². The van der Waals surface area contributed by atoms with Crippen LogP contribution in [0.25, 0.3) is 0 Å². The number of ether oxygens (including phenoxy) is 3. The first-order valence-corrected chi connectivity index (χ1v) is 11.8. The largest absolute Gasteiger partial charge is 0.493 e. The maximum Gasteiger partial charge on any atom is 0.411 e. The first kappa shape index (κ1) is 25.4. The molecule has 3 rings (SSSR count). The van der Waals surface area contributed by atoms with Crippen molar-refractivity contribution >= 4 is 34.5 Å². The summed E-state index contributed by atoms with van der Waals surface area (Å²) in [4.78, 5) is 26.6. The molecule has 0 fully saturated rings. The van der Waals surface area contributed by atoms with Crippen molar-refractivity contribution < 1.29 is 23.8 Å². The molecule has 1 aliphatic heterocycles. The molecule has 0 unspecified atom stereocenters. The second-order valence-electron chi connectivity index (χ2n) is 7.85. The van der Waals surface area contributed by atoms with Gasteiger partial charge in [-0.25, -0.2) is 9.80 Å². The predicted molar refractivity (Wildman–Crippen MR) is 134 cm³/mol. The molecule has 1 aliphatic rings. The number of amides is 2. The molecule has 0 aromatic heterocycles. The van der Waals surface area contributed by atoms with E-state index >= 15 is 0 Å². The number of anilines is 1. The lowest BCUT2D eigenvalue weighted by molar-refractivity contribution is 0.156. The average molecular weight is 487 g/mol. The molecule has 1 N–H and O–H groups in total. The number of rotatable bonds is 10. The number of thioether (sulfide) groups is 1. The van der Waals surface area contributed by atoms with Gasteiger partial charge in [0, 0.05) is 23.5 Å². The Hall–Kier alpha value is -3.24. The number of methoxy groups -OCH3 is 2. The van der Waals surface area contributed by atoms with Crippen LogP contribution < -0.4 is 14.8 Å². The molecule has 2 aromatic carbocycles. The molecule has 0 aliphatic carbocycles. The summed E-state index contributed by atoms with van der Waals surface area (Å²) in [5, 5.41) is 8.61. The molecular formula is C24H30N4O5S. The van der Waals surface area contributed by atoms with Crippen LogP contribution in [0, 0.1) is 0 Å². The van der Waals surface area contributed by atoms with Gasteiger partial charge in [-0.05, 0) is 56.4 Å². The number of hydrazone groups is 1. The molecular weight excluding hydrogens is 456 g/mol. The van der Waals surface area contributed by atoms with Gasteiger partial charge in [0.05, 0.1) is 33.1 Å². The summed E-state index contributed by atoms with van der Waals surface area (Å²) in [6.07, 6.45) is 0.254. The number of hydrogen-bond donors (Lipinski definition) is 1. The van der Waals surface area contributed by atoms with Crippen LogP contribution in [0.2, 0.25) is 0 Å². The highest BCUT2D eigenvalue weighted by Gasteiger charge is 2.23. The maximum atomic E-state index is 12.5. The number of carbonyl (C=O) groups excluding carboxylic acids is 2. The van der Waals surface area contributed by atoms with Crippen LogP contribution in [0.4, 0.5) is 15.3 Å². The Morgan fingerprint density at radius 2 is 1.94 bits per heavy atom. The minimum Gasteiger partial charge on any atom is -0.493 e. The van der Waals surface area contributed by atoms with Crippen molar-refractivity contribution in [1.82, 2.24) is 9.91 Å².